The van der Waals surface area contributed by atoms with Crippen LogP contribution in [0.3, 0.4) is 0 Å². The number of rotatable bonds is 11. The molecular weight excluding hydrogens is 609 g/mol. The second-order valence-corrected chi connectivity index (χ2v) is 16.9. The van der Waals surface area contributed by atoms with E-state index in [1.165, 1.54) is 16.7 Å². The average Bonchev–Trinajstić information content (AvgIpc) is 3.65. The molecule has 1 aliphatic rings. The van der Waals surface area contributed by atoms with Crippen molar-refractivity contribution < 1.29 is 13.9 Å². The number of aliphatic imine (C=N–C) groups is 1. The van der Waals surface area contributed by atoms with Crippen molar-refractivity contribution in [2.45, 2.75) is 64.0 Å². The quantitative estimate of drug-likeness (QED) is 0.0377. The van der Waals surface area contributed by atoms with E-state index in [4.69, 9.17) is 19.4 Å². The summed E-state index contributed by atoms with van der Waals surface area (Å²) in [5, 5.41) is 6.56. The van der Waals surface area contributed by atoms with Crippen molar-refractivity contribution in [2.24, 2.45) is 10.1 Å². The van der Waals surface area contributed by atoms with Crippen molar-refractivity contribution in [2.75, 3.05) is 27.4 Å². The van der Waals surface area contributed by atoms with Gasteiger partial charge in [0.25, 0.3) is 8.32 Å². The first-order chi connectivity index (χ1) is 22.7. The predicted molar refractivity (Wildman–Crippen MR) is 188 cm³/mol. The maximum atomic E-state index is 8.97. The van der Waals surface area contributed by atoms with Crippen molar-refractivity contribution in [1.29, 1.82) is 0 Å². The van der Waals surface area contributed by atoms with Gasteiger partial charge in [0.05, 0.1) is 30.0 Å². The van der Waals surface area contributed by atoms with Crippen LogP contribution in [0.5, 0.6) is 0 Å². The molecule has 0 N–H and O–H groups in total. The van der Waals surface area contributed by atoms with Crippen molar-refractivity contribution in [1.82, 2.24) is 19.4 Å². The van der Waals surface area contributed by atoms with Crippen LogP contribution in [-0.2, 0) is 13.9 Å². The van der Waals surface area contributed by atoms with Gasteiger partial charge in [-0.25, -0.2) is 15.0 Å². The van der Waals surface area contributed by atoms with Gasteiger partial charge in [0.1, 0.15) is 31.0 Å². The number of fused-ring (bicyclic) bond motifs is 1. The van der Waals surface area contributed by atoms with Gasteiger partial charge in [-0.3, -0.25) is 0 Å². The molecule has 1 aliphatic heterocycles. The summed E-state index contributed by atoms with van der Waals surface area (Å²) in [5.74, 6) is 6.98. The van der Waals surface area contributed by atoms with E-state index in [1.807, 2.05) is 48.8 Å². The lowest BCUT2D eigenvalue weighted by molar-refractivity contribution is -0.0562. The van der Waals surface area contributed by atoms with E-state index in [0.717, 1.165) is 10.9 Å². The molecule has 5 rings (SSSR count). The molecule has 2 aromatic carbocycles. The van der Waals surface area contributed by atoms with Gasteiger partial charge in [0, 0.05) is 38.0 Å². The van der Waals surface area contributed by atoms with Gasteiger partial charge in [-0.15, -0.1) is 0 Å². The number of hydrogen-bond donors (Lipinski definition) is 0. The summed E-state index contributed by atoms with van der Waals surface area (Å²) in [5.41, 5.74) is 10.4. The lowest BCUT2D eigenvalue weighted by atomic mass is 10.2. The lowest BCUT2D eigenvalue weighted by Crippen LogP contribution is -2.67. The third kappa shape index (κ3) is 7.25. The molecule has 0 aliphatic carbocycles. The van der Waals surface area contributed by atoms with Crippen LogP contribution in [0.2, 0.25) is 5.04 Å². The first-order valence-corrected chi connectivity index (χ1v) is 17.7. The molecule has 0 saturated carbocycles. The van der Waals surface area contributed by atoms with E-state index in [1.54, 1.807) is 6.34 Å². The summed E-state index contributed by atoms with van der Waals surface area (Å²) in [6, 6.07) is 21.0. The van der Waals surface area contributed by atoms with Gasteiger partial charge in [0.15, 0.2) is 5.82 Å². The second-order valence-electron chi connectivity index (χ2n) is 12.6. The van der Waals surface area contributed by atoms with Crippen LogP contribution in [0.25, 0.3) is 21.5 Å². The molecule has 244 valence electrons. The van der Waals surface area contributed by atoms with Crippen molar-refractivity contribution in [3.63, 3.8) is 0 Å². The zero-order valence-corrected chi connectivity index (χ0v) is 28.9. The Balaban J connectivity index is 1.54. The van der Waals surface area contributed by atoms with Crippen LogP contribution in [-0.4, -0.2) is 73.7 Å². The van der Waals surface area contributed by atoms with Gasteiger partial charge in [-0.1, -0.05) is 105 Å². The Morgan fingerprint density at radius 1 is 1.11 bits per heavy atom. The number of hydrogen-bond acceptors (Lipinski definition) is 7. The number of nitrogens with zero attached hydrogens (tertiary/aromatic N) is 8. The third-order valence-electron chi connectivity index (χ3n) is 8.18. The van der Waals surface area contributed by atoms with Crippen molar-refractivity contribution in [3.05, 3.63) is 89.2 Å². The van der Waals surface area contributed by atoms with Crippen molar-refractivity contribution in [3.8, 4) is 11.8 Å². The topological polar surface area (TPSA) is 123 Å². The normalized spacial score (nSPS) is 18.2. The largest absolute Gasteiger partial charge is 0.405 e. The van der Waals surface area contributed by atoms with E-state index < -0.39 is 26.8 Å². The fraction of sp³-hybridized carbons (Fsp3) is 0.400. The zero-order valence-electron chi connectivity index (χ0n) is 27.9. The Kier molecular flexibility index (Phi) is 10.8. The molecule has 3 atom stereocenters. The van der Waals surface area contributed by atoms with Crippen LogP contribution in [0, 0.1) is 11.8 Å². The fourth-order valence-corrected chi connectivity index (χ4v) is 10.7. The van der Waals surface area contributed by atoms with Gasteiger partial charge in [-0.05, 0) is 20.9 Å². The minimum Gasteiger partial charge on any atom is -0.405 e. The predicted octanol–water partition coefficient (Wildman–Crippen LogP) is 5.93. The first-order valence-electron chi connectivity index (χ1n) is 15.8. The monoisotopic (exact) mass is 650 g/mol. The zero-order chi connectivity index (χ0) is 33.4. The highest BCUT2D eigenvalue weighted by Gasteiger charge is 2.51. The highest BCUT2D eigenvalue weighted by Crippen LogP contribution is 2.40. The molecule has 0 spiro atoms. The van der Waals surface area contributed by atoms with Gasteiger partial charge < -0.3 is 23.4 Å². The highest BCUT2D eigenvalue weighted by atomic mass is 28.4. The molecule has 47 heavy (non-hydrogen) atoms. The van der Waals surface area contributed by atoms with E-state index >= 15 is 0 Å². The highest BCUT2D eigenvalue weighted by molar-refractivity contribution is 6.99. The first kappa shape index (κ1) is 33.8. The molecule has 1 fully saturated rings. The molecule has 0 radical (unpaired) electrons. The van der Waals surface area contributed by atoms with E-state index in [2.05, 4.69) is 106 Å². The summed E-state index contributed by atoms with van der Waals surface area (Å²) in [6.07, 6.45) is 5.06. The van der Waals surface area contributed by atoms with Crippen LogP contribution < -0.4 is 10.4 Å². The summed E-state index contributed by atoms with van der Waals surface area (Å²) in [7, 11) is 0.962. The molecule has 3 unspecified atom stereocenters. The molecule has 4 aromatic rings. The van der Waals surface area contributed by atoms with E-state index in [9.17, 15) is 0 Å². The fourth-order valence-electron chi connectivity index (χ4n) is 6.15. The minimum absolute atomic E-state index is 0.113. The summed E-state index contributed by atoms with van der Waals surface area (Å²) < 4.78 is 22.1. The van der Waals surface area contributed by atoms with Crippen LogP contribution in [0.4, 0.5) is 5.82 Å². The lowest BCUT2D eigenvalue weighted by Gasteiger charge is -2.43. The summed E-state index contributed by atoms with van der Waals surface area (Å²) in [4.78, 5) is 18.5. The number of aromatic nitrogens is 3. The Morgan fingerprint density at radius 3 is 2.38 bits per heavy atom. The van der Waals surface area contributed by atoms with E-state index in [-0.39, 0.29) is 18.4 Å². The SMILES string of the molecule is CCC#Cc1cn(C2CC(OCN=[N+]=[N-])C(CO[Si](c3ccccc3)(c3ccccc3)C(C)(C)C)O2)c2ncnc(/N=C/N(C)C)c12. The van der Waals surface area contributed by atoms with Crippen molar-refractivity contribution >= 4 is 41.9 Å². The molecular formula is C35H42N8O3Si. The maximum Gasteiger partial charge on any atom is 0.261 e. The number of azide groups is 1. The van der Waals surface area contributed by atoms with Gasteiger partial charge >= 0.3 is 0 Å². The van der Waals surface area contributed by atoms with Crippen LogP contribution in [0.15, 0.2) is 83.3 Å². The molecule has 11 nitrogen and oxygen atoms in total. The number of benzene rings is 2. The Hall–Kier alpha value is -4.50. The van der Waals surface area contributed by atoms with Crippen LogP contribution >= 0.6 is 0 Å². The average molecular weight is 651 g/mol. The molecule has 0 bridgehead atoms. The summed E-state index contributed by atoms with van der Waals surface area (Å²) >= 11 is 0. The summed E-state index contributed by atoms with van der Waals surface area (Å²) in [6.45, 7) is 8.91. The Morgan fingerprint density at radius 2 is 1.79 bits per heavy atom. The van der Waals surface area contributed by atoms with Gasteiger partial charge in [0.2, 0.25) is 0 Å². The smallest absolute Gasteiger partial charge is 0.261 e. The number of ether oxygens (including phenoxy) is 2. The van der Waals surface area contributed by atoms with Gasteiger partial charge in [-0.2, -0.15) is 0 Å². The molecule has 12 heteroatoms. The minimum atomic E-state index is -2.85. The Bertz CT molecular complexity index is 1750. The second kappa shape index (κ2) is 14.9. The van der Waals surface area contributed by atoms with E-state index in [0.29, 0.717) is 24.3 Å². The maximum absolute atomic E-state index is 8.97. The molecule has 1 saturated heterocycles. The molecule has 2 aromatic heterocycles. The third-order valence-corrected chi connectivity index (χ3v) is 13.2. The Labute approximate surface area is 277 Å². The molecule has 0 amide bonds. The molecule has 3 heterocycles. The van der Waals surface area contributed by atoms with Crippen LogP contribution in [0.1, 0.15) is 52.3 Å². The standard InChI is InChI=1S/C35H42N8O3Si/c1-7-8-15-26-21-43(34-32(26)33(37-23-38-34)39-24-42(5)6)31-20-29(44-25-40-41-36)30(46-31)22-45-47(35(2,3)4,27-16-11-9-12-17-27)28-18-13-10-14-19-28/h9-14,16-19,21,23-24,29-31H,7,20,22,25H2,1-6H3/b39-24+.